The number of rotatable bonds is 3. The topological polar surface area (TPSA) is 99.5 Å². The highest BCUT2D eigenvalue weighted by Crippen LogP contribution is 2.17. The number of epoxide rings is 1. The molecule has 1 fully saturated rings. The molecule has 13 heavy (non-hydrogen) atoms. The molecule has 0 bridgehead atoms. The maximum absolute atomic E-state index is 10.3. The van der Waals surface area contributed by atoms with Crippen molar-refractivity contribution >= 4 is 11.8 Å². The molecule has 1 aromatic heterocycles. The molecular formula is C6H8N4O3. The maximum Gasteiger partial charge on any atom is 0.383 e. The fraction of sp³-hybridized carbons (Fsp3) is 0.500. The van der Waals surface area contributed by atoms with E-state index in [1.54, 1.807) is 0 Å². The van der Waals surface area contributed by atoms with Crippen LogP contribution in [-0.4, -0.2) is 27.2 Å². The van der Waals surface area contributed by atoms with Crippen molar-refractivity contribution in [3.63, 3.8) is 0 Å². The number of nitrogen functional groups attached to an aromatic ring is 1. The Kier molecular flexibility index (Phi) is 1.66. The van der Waals surface area contributed by atoms with Crippen molar-refractivity contribution in [1.82, 2.24) is 9.55 Å². The first-order valence-corrected chi connectivity index (χ1v) is 3.75. The molecule has 2 N–H and O–H groups in total. The van der Waals surface area contributed by atoms with Gasteiger partial charge in [-0.25, -0.2) is 0 Å². The van der Waals surface area contributed by atoms with Crippen LogP contribution in [0.4, 0.5) is 11.8 Å². The second-order valence-electron chi connectivity index (χ2n) is 2.82. The zero-order valence-electron chi connectivity index (χ0n) is 6.71. The largest absolute Gasteiger partial charge is 0.383 e. The molecule has 0 saturated carbocycles. The van der Waals surface area contributed by atoms with Crippen LogP contribution in [0, 0.1) is 10.1 Å². The average Bonchev–Trinajstić information content (AvgIpc) is 2.78. The minimum atomic E-state index is -0.569. The summed E-state index contributed by atoms with van der Waals surface area (Å²) in [5.74, 6) is -0.0691. The molecule has 2 rings (SSSR count). The SMILES string of the molecule is Nc1nc([N+](=O)[O-])cn1CC1CO1. The van der Waals surface area contributed by atoms with Gasteiger partial charge in [-0.1, -0.05) is 0 Å². The summed E-state index contributed by atoms with van der Waals surface area (Å²) < 4.78 is 6.49. The van der Waals surface area contributed by atoms with Crippen LogP contribution < -0.4 is 5.73 Å². The van der Waals surface area contributed by atoms with Crippen molar-refractivity contribution in [3.8, 4) is 0 Å². The standard InChI is InChI=1S/C6H8N4O3/c7-6-8-5(10(11)12)2-9(6)1-4-3-13-4/h2,4H,1,3H2,(H2,7,8). The van der Waals surface area contributed by atoms with Crippen molar-refractivity contribution in [1.29, 1.82) is 0 Å². The molecule has 0 aliphatic carbocycles. The third kappa shape index (κ3) is 1.59. The lowest BCUT2D eigenvalue weighted by atomic mass is 10.5. The van der Waals surface area contributed by atoms with Gasteiger partial charge in [0, 0.05) is 4.98 Å². The van der Waals surface area contributed by atoms with Gasteiger partial charge in [0.25, 0.3) is 0 Å². The number of nitro groups is 1. The van der Waals surface area contributed by atoms with Gasteiger partial charge in [-0.05, 0) is 4.92 Å². The zero-order valence-corrected chi connectivity index (χ0v) is 6.71. The van der Waals surface area contributed by atoms with Crippen LogP contribution in [0.25, 0.3) is 0 Å². The van der Waals surface area contributed by atoms with Crippen LogP contribution in [-0.2, 0) is 11.3 Å². The predicted molar refractivity (Wildman–Crippen MR) is 43.0 cm³/mol. The number of hydrogen-bond donors (Lipinski definition) is 1. The average molecular weight is 184 g/mol. The lowest BCUT2D eigenvalue weighted by Gasteiger charge is -1.95. The molecular weight excluding hydrogens is 176 g/mol. The van der Waals surface area contributed by atoms with Gasteiger partial charge in [-0.2, -0.15) is 0 Å². The third-order valence-corrected chi connectivity index (χ3v) is 1.78. The third-order valence-electron chi connectivity index (χ3n) is 1.78. The predicted octanol–water partition coefficient (Wildman–Crippen LogP) is -0.228. The molecule has 1 unspecified atom stereocenters. The summed E-state index contributed by atoms with van der Waals surface area (Å²) in [5.41, 5.74) is 5.45. The first-order valence-electron chi connectivity index (χ1n) is 3.75. The summed E-state index contributed by atoms with van der Waals surface area (Å²) in [6, 6.07) is 0. The summed E-state index contributed by atoms with van der Waals surface area (Å²) >= 11 is 0. The van der Waals surface area contributed by atoms with Crippen molar-refractivity contribution in [2.24, 2.45) is 0 Å². The van der Waals surface area contributed by atoms with Crippen molar-refractivity contribution in [2.75, 3.05) is 12.3 Å². The Morgan fingerprint density at radius 1 is 1.92 bits per heavy atom. The molecule has 2 heterocycles. The molecule has 0 radical (unpaired) electrons. The number of nitrogens with two attached hydrogens (primary N) is 1. The highest BCUT2D eigenvalue weighted by Gasteiger charge is 2.26. The van der Waals surface area contributed by atoms with Gasteiger partial charge in [0.2, 0.25) is 0 Å². The van der Waals surface area contributed by atoms with Crippen molar-refractivity contribution in [3.05, 3.63) is 16.3 Å². The summed E-state index contributed by atoms with van der Waals surface area (Å²) in [5, 5.41) is 10.3. The second-order valence-corrected chi connectivity index (χ2v) is 2.82. The van der Waals surface area contributed by atoms with Crippen LogP contribution in [0.2, 0.25) is 0 Å². The van der Waals surface area contributed by atoms with E-state index in [0.717, 1.165) is 0 Å². The molecule has 0 amide bonds. The number of imidazole rings is 1. The highest BCUT2D eigenvalue weighted by atomic mass is 16.6. The number of anilines is 1. The van der Waals surface area contributed by atoms with Crippen LogP contribution in [0.3, 0.4) is 0 Å². The monoisotopic (exact) mass is 184 g/mol. The Morgan fingerprint density at radius 3 is 3.08 bits per heavy atom. The number of aromatic nitrogens is 2. The van der Waals surface area contributed by atoms with E-state index in [1.807, 2.05) is 0 Å². The highest BCUT2D eigenvalue weighted by molar-refractivity contribution is 5.29. The molecule has 7 nitrogen and oxygen atoms in total. The maximum atomic E-state index is 10.3. The van der Waals surface area contributed by atoms with Gasteiger partial charge in [-0.15, -0.1) is 0 Å². The molecule has 70 valence electrons. The summed E-state index contributed by atoms with van der Waals surface area (Å²) in [6.45, 7) is 1.22. The molecule has 1 aromatic rings. The molecule has 1 aliphatic heterocycles. The van der Waals surface area contributed by atoms with Gasteiger partial charge in [0.15, 0.2) is 0 Å². The van der Waals surface area contributed by atoms with E-state index in [9.17, 15) is 10.1 Å². The summed E-state index contributed by atoms with van der Waals surface area (Å²) in [6.07, 6.45) is 1.45. The van der Waals surface area contributed by atoms with E-state index >= 15 is 0 Å². The van der Waals surface area contributed by atoms with Gasteiger partial charge in [-0.3, -0.25) is 4.57 Å². The number of hydrogen-bond acceptors (Lipinski definition) is 5. The van der Waals surface area contributed by atoms with Gasteiger partial charge >= 0.3 is 11.8 Å². The van der Waals surface area contributed by atoms with E-state index in [4.69, 9.17) is 10.5 Å². The quantitative estimate of drug-likeness (QED) is 0.397. The summed E-state index contributed by atoms with van der Waals surface area (Å²) in [7, 11) is 0. The second kappa shape index (κ2) is 2.70. The Hall–Kier alpha value is -1.63. The smallest absolute Gasteiger partial charge is 0.371 e. The Balaban J connectivity index is 2.18. The molecule has 7 heteroatoms. The van der Waals surface area contributed by atoms with Crippen LogP contribution in [0.1, 0.15) is 0 Å². The minimum absolute atomic E-state index is 0.135. The van der Waals surface area contributed by atoms with Crippen LogP contribution in [0.5, 0.6) is 0 Å². The van der Waals surface area contributed by atoms with Gasteiger partial charge < -0.3 is 20.6 Å². The van der Waals surface area contributed by atoms with E-state index in [0.29, 0.717) is 13.2 Å². The van der Waals surface area contributed by atoms with Crippen LogP contribution in [0.15, 0.2) is 6.20 Å². The van der Waals surface area contributed by atoms with E-state index in [-0.39, 0.29) is 17.9 Å². The minimum Gasteiger partial charge on any atom is -0.371 e. The Bertz CT molecular complexity index is 344. The summed E-state index contributed by atoms with van der Waals surface area (Å²) in [4.78, 5) is 13.3. The molecule has 0 aromatic carbocycles. The molecule has 0 spiro atoms. The van der Waals surface area contributed by atoms with Crippen molar-refractivity contribution < 1.29 is 9.66 Å². The van der Waals surface area contributed by atoms with Gasteiger partial charge in [0.05, 0.1) is 19.3 Å². The first kappa shape index (κ1) is 7.99. The zero-order chi connectivity index (χ0) is 9.42. The fourth-order valence-electron chi connectivity index (χ4n) is 1.04. The first-order chi connectivity index (χ1) is 6.16. The Labute approximate surface area is 73.3 Å². The van der Waals surface area contributed by atoms with E-state index in [1.165, 1.54) is 10.8 Å². The van der Waals surface area contributed by atoms with Gasteiger partial charge in [0.1, 0.15) is 6.20 Å². The lowest BCUT2D eigenvalue weighted by molar-refractivity contribution is -0.389. The molecule has 1 aliphatic rings. The Morgan fingerprint density at radius 2 is 2.62 bits per heavy atom. The van der Waals surface area contributed by atoms with Crippen molar-refractivity contribution in [2.45, 2.75) is 12.6 Å². The normalized spacial score (nSPS) is 20.2. The van der Waals surface area contributed by atoms with Crippen LogP contribution >= 0.6 is 0 Å². The fourth-order valence-corrected chi connectivity index (χ4v) is 1.04. The lowest BCUT2D eigenvalue weighted by Crippen LogP contribution is -2.06. The molecule has 1 atom stereocenters. The number of ether oxygens (including phenoxy) is 1. The molecule has 1 saturated heterocycles. The van der Waals surface area contributed by atoms with E-state index < -0.39 is 4.92 Å². The number of nitrogens with zero attached hydrogens (tertiary/aromatic N) is 3. The van der Waals surface area contributed by atoms with E-state index in [2.05, 4.69) is 4.98 Å².